The zero-order valence-electron chi connectivity index (χ0n) is 74.1. The van der Waals surface area contributed by atoms with E-state index in [-0.39, 0.29) is 13.4 Å². The Morgan fingerprint density at radius 1 is 0.205 bits per heavy atom. The van der Waals surface area contributed by atoms with E-state index >= 15 is 0 Å². The molecule has 4 aliphatic rings. The Morgan fingerprint density at radius 3 is 0.953 bits per heavy atom. The van der Waals surface area contributed by atoms with E-state index in [1.54, 1.807) is 0 Å². The van der Waals surface area contributed by atoms with Gasteiger partial charge in [0.15, 0.2) is 0 Å². The van der Waals surface area contributed by atoms with Crippen LogP contribution in [0.5, 0.6) is 0 Å². The van der Waals surface area contributed by atoms with Crippen LogP contribution in [0, 0.1) is 83.1 Å². The minimum atomic E-state index is -0.314. The highest BCUT2D eigenvalue weighted by Gasteiger charge is 2.49. The van der Waals surface area contributed by atoms with Crippen molar-refractivity contribution in [1.29, 1.82) is 0 Å². The molecule has 4 aliphatic heterocycles. The van der Waals surface area contributed by atoms with Crippen molar-refractivity contribution in [1.82, 2.24) is 0 Å². The van der Waals surface area contributed by atoms with Crippen LogP contribution in [0.15, 0.2) is 364 Å². The van der Waals surface area contributed by atoms with Crippen molar-refractivity contribution in [2.45, 2.75) is 83.1 Å². The van der Waals surface area contributed by atoms with Gasteiger partial charge in [-0.15, -0.1) is 0 Å². The number of aryl methyl sites for hydroxylation is 12. The SMILES string of the molecule is Cc1cccc(C)c1-c1ccc(N(c2ccc(-c3c(C)cccc3C)cc2)c2cc3c4c(c2)N(c2ccccc2)c2ccc(-c5c(C)cccc5C)cc2B4c2cc4c(cc2N3)N(c2c(-c3ccccc3)cccc2-c2ccccc2)c2cc(-c3c(C)cccc3C)cc3c2B4c2cc(-c4c(C)cccc4C)ccc2N3c2ccc(-c3c(C)cccc3C)cc2)cc1. The highest BCUT2D eigenvalue weighted by atomic mass is 15.2. The lowest BCUT2D eigenvalue weighted by Crippen LogP contribution is -2.64. The van der Waals surface area contributed by atoms with Gasteiger partial charge in [-0.1, -0.05) is 273 Å². The molecule has 0 atom stereocenters. The second-order valence-electron chi connectivity index (χ2n) is 35.7. The van der Waals surface area contributed by atoms with Crippen LogP contribution in [0.3, 0.4) is 0 Å². The first-order valence-corrected chi connectivity index (χ1v) is 44.8. The van der Waals surface area contributed by atoms with E-state index in [0.29, 0.717) is 0 Å². The highest BCUT2D eigenvalue weighted by Crippen LogP contribution is 2.55. The fourth-order valence-corrected chi connectivity index (χ4v) is 22.2. The maximum absolute atomic E-state index is 4.51. The van der Waals surface area contributed by atoms with Crippen molar-refractivity contribution in [3.63, 3.8) is 0 Å². The Bertz CT molecular complexity index is 7230. The number of hydrogen-bond acceptors (Lipinski definition) is 5. The zero-order valence-corrected chi connectivity index (χ0v) is 74.1. The van der Waals surface area contributed by atoms with E-state index in [4.69, 9.17) is 0 Å². The molecule has 127 heavy (non-hydrogen) atoms. The lowest BCUT2D eigenvalue weighted by atomic mass is 9.30. The fourth-order valence-electron chi connectivity index (χ4n) is 22.2. The summed E-state index contributed by atoms with van der Waals surface area (Å²) < 4.78 is 0. The van der Waals surface area contributed by atoms with Crippen LogP contribution in [-0.2, 0) is 0 Å². The molecule has 0 saturated carbocycles. The quantitative estimate of drug-likeness (QED) is 0.109. The van der Waals surface area contributed by atoms with Gasteiger partial charge in [-0.05, 0) is 352 Å². The third-order valence-corrected chi connectivity index (χ3v) is 27.8. The standard InChI is InChI=1S/C120H97B2N5/c1-73-29-22-30-74(2)112(73)87-49-57-94(58-50-87)124(95-59-51-88(52-60-95)113-75(3)31-23-32-76(113)4)97-69-105-118-111(70-97)125(93-45-20-15-21-46-93)106-63-55-90(115-79(7)35-25-36-80(115)8)65-101(106)121(118)100-71-103-108(72-104(100)123-105)127(120-98(85-41-16-13-17-42-85)47-28-48-99(120)86-43-18-14-19-44-86)110-68-92(117-83(11)39-27-40-84(117)12)67-109-119(110)122(103)102-66-91(116-81(9)37-26-38-82(116)10)56-64-107(102)126(109)96-61-53-89(54-62-96)114-77(5)33-24-34-78(114)6/h13-72,123H,1-12H3. The van der Waals surface area contributed by atoms with Crippen molar-refractivity contribution in [3.8, 4) is 89.0 Å². The topological polar surface area (TPSA) is 25.0 Å². The largest absolute Gasteiger partial charge is 0.356 e. The molecular formula is C120H97B2N5. The molecule has 0 bridgehead atoms. The van der Waals surface area contributed by atoms with Crippen LogP contribution in [0.4, 0.5) is 79.6 Å². The van der Waals surface area contributed by atoms with Crippen molar-refractivity contribution < 1.29 is 0 Å². The van der Waals surface area contributed by atoms with E-state index < -0.39 is 0 Å². The number of benzene rings is 18. The Balaban J connectivity index is 0.866. The molecule has 608 valence electrons. The van der Waals surface area contributed by atoms with Gasteiger partial charge in [-0.3, -0.25) is 0 Å². The molecule has 0 saturated heterocycles. The molecule has 0 radical (unpaired) electrons. The molecule has 22 rings (SSSR count). The number of nitrogens with zero attached hydrogens (tertiary/aromatic N) is 4. The lowest BCUT2D eigenvalue weighted by Gasteiger charge is -2.47. The molecule has 1 N–H and O–H groups in total. The Labute approximate surface area is 748 Å². The van der Waals surface area contributed by atoms with E-state index in [2.05, 4.69) is 472 Å². The molecule has 0 aromatic heterocycles. The summed E-state index contributed by atoms with van der Waals surface area (Å²) in [6.45, 7) is 26.5. The summed E-state index contributed by atoms with van der Waals surface area (Å²) >= 11 is 0. The zero-order chi connectivity index (χ0) is 86.3. The number of para-hydroxylation sites is 2. The van der Waals surface area contributed by atoms with Crippen LogP contribution >= 0.6 is 0 Å². The molecule has 0 aliphatic carbocycles. The van der Waals surface area contributed by atoms with Crippen molar-refractivity contribution in [3.05, 3.63) is 431 Å². The molecule has 18 aromatic carbocycles. The molecule has 5 nitrogen and oxygen atoms in total. The second-order valence-corrected chi connectivity index (χ2v) is 35.7. The maximum Gasteiger partial charge on any atom is 0.252 e. The van der Waals surface area contributed by atoms with Crippen LogP contribution in [-0.4, -0.2) is 13.4 Å². The average Bonchev–Trinajstić information content (AvgIpc) is 0.682. The van der Waals surface area contributed by atoms with E-state index in [9.17, 15) is 0 Å². The van der Waals surface area contributed by atoms with Gasteiger partial charge in [-0.25, -0.2) is 0 Å². The third kappa shape index (κ3) is 13.0. The minimum Gasteiger partial charge on any atom is -0.356 e. The van der Waals surface area contributed by atoms with Gasteiger partial charge in [0.05, 0.1) is 11.4 Å². The fraction of sp³-hybridized carbons (Fsp3) is 0.100. The summed E-state index contributed by atoms with van der Waals surface area (Å²) in [6, 6.07) is 139. The first-order chi connectivity index (χ1) is 62.0. The Morgan fingerprint density at radius 2 is 0.535 bits per heavy atom. The van der Waals surface area contributed by atoms with Crippen molar-refractivity contribution in [2.24, 2.45) is 0 Å². The Hall–Kier alpha value is -14.9. The molecular weight excluding hydrogens is 1530 g/mol. The molecule has 7 heteroatoms. The first kappa shape index (κ1) is 78.1. The molecule has 18 aromatic rings. The van der Waals surface area contributed by atoms with Gasteiger partial charge in [-0.2, -0.15) is 0 Å². The van der Waals surface area contributed by atoms with Crippen LogP contribution < -0.4 is 57.7 Å². The smallest absolute Gasteiger partial charge is 0.252 e. The van der Waals surface area contributed by atoms with Crippen LogP contribution in [0.2, 0.25) is 0 Å². The predicted octanol–water partition coefficient (Wildman–Crippen LogP) is 28.6. The normalized spacial score (nSPS) is 12.6. The van der Waals surface area contributed by atoms with Crippen LogP contribution in [0.1, 0.15) is 66.8 Å². The maximum atomic E-state index is 4.51. The van der Waals surface area contributed by atoms with Gasteiger partial charge in [0.25, 0.3) is 13.4 Å². The van der Waals surface area contributed by atoms with E-state index in [1.165, 1.54) is 161 Å². The first-order valence-electron chi connectivity index (χ1n) is 44.8. The van der Waals surface area contributed by atoms with Crippen molar-refractivity contribution in [2.75, 3.05) is 24.9 Å². The number of anilines is 14. The molecule has 0 amide bonds. The summed E-state index contributed by atoms with van der Waals surface area (Å²) in [5.74, 6) is 0. The highest BCUT2D eigenvalue weighted by molar-refractivity contribution is 7.03. The minimum absolute atomic E-state index is 0.297. The summed E-state index contributed by atoms with van der Waals surface area (Å²) in [5.41, 5.74) is 56.7. The van der Waals surface area contributed by atoms with Gasteiger partial charge in [0.2, 0.25) is 0 Å². The third-order valence-electron chi connectivity index (χ3n) is 27.8. The van der Waals surface area contributed by atoms with Crippen LogP contribution in [0.25, 0.3) is 89.0 Å². The monoisotopic (exact) mass is 1630 g/mol. The van der Waals surface area contributed by atoms with Gasteiger partial charge >= 0.3 is 0 Å². The molecule has 0 unspecified atom stereocenters. The number of fused-ring (bicyclic) bond motifs is 8. The van der Waals surface area contributed by atoms with E-state index in [0.717, 1.165) is 107 Å². The summed E-state index contributed by atoms with van der Waals surface area (Å²) in [7, 11) is 0. The molecule has 0 fully saturated rings. The number of rotatable bonds is 14. The average molecular weight is 1630 g/mol. The predicted molar refractivity (Wildman–Crippen MR) is 545 cm³/mol. The molecule has 0 spiro atoms. The van der Waals surface area contributed by atoms with Gasteiger partial charge < -0.3 is 24.9 Å². The lowest BCUT2D eigenvalue weighted by molar-refractivity contribution is 1.25. The summed E-state index contributed by atoms with van der Waals surface area (Å²) in [4.78, 5) is 10.4. The molecule has 4 heterocycles. The van der Waals surface area contributed by atoms with Crippen molar-refractivity contribution >= 4 is 126 Å². The second kappa shape index (κ2) is 31.1. The number of nitrogens with one attached hydrogen (secondary N) is 1. The summed E-state index contributed by atoms with van der Waals surface area (Å²) in [6.07, 6.45) is 0. The van der Waals surface area contributed by atoms with Gasteiger partial charge in [0, 0.05) is 79.4 Å². The van der Waals surface area contributed by atoms with E-state index in [1.807, 2.05) is 0 Å². The summed E-state index contributed by atoms with van der Waals surface area (Å²) in [5, 5.41) is 4.51. The Kier molecular flexibility index (Phi) is 19.1. The number of hydrogen-bond donors (Lipinski definition) is 1. The van der Waals surface area contributed by atoms with Gasteiger partial charge in [0.1, 0.15) is 0 Å².